The lowest BCUT2D eigenvalue weighted by Crippen LogP contribution is -2.47. The summed E-state index contributed by atoms with van der Waals surface area (Å²) in [5.41, 5.74) is 5.39. The molecule has 1 aromatic carbocycles. The van der Waals surface area contributed by atoms with Gasteiger partial charge in [0.2, 0.25) is 11.8 Å². The lowest BCUT2D eigenvalue weighted by atomic mass is 9.80. The summed E-state index contributed by atoms with van der Waals surface area (Å²) in [6, 6.07) is 8.10. The van der Waals surface area contributed by atoms with Gasteiger partial charge in [-0.3, -0.25) is 9.89 Å². The highest BCUT2D eigenvalue weighted by atomic mass is 19.3. The van der Waals surface area contributed by atoms with Crippen molar-refractivity contribution in [2.24, 2.45) is 5.92 Å². The number of aryl methyl sites for hydroxylation is 1. The topological polar surface area (TPSA) is 49.0 Å². The van der Waals surface area contributed by atoms with E-state index >= 15 is 0 Å². The highest BCUT2D eigenvalue weighted by Crippen LogP contribution is 2.43. The molecule has 2 aliphatic rings. The largest absolute Gasteiger partial charge is 0.342 e. The minimum Gasteiger partial charge on any atom is -0.342 e. The maximum atomic E-state index is 13.1. The summed E-state index contributed by atoms with van der Waals surface area (Å²) < 4.78 is 26.1. The van der Waals surface area contributed by atoms with Crippen LogP contribution in [0, 0.1) is 12.8 Å². The van der Waals surface area contributed by atoms with Crippen molar-refractivity contribution in [3.8, 4) is 11.3 Å². The lowest BCUT2D eigenvalue weighted by molar-refractivity contribution is -0.159. The van der Waals surface area contributed by atoms with Crippen molar-refractivity contribution in [3.63, 3.8) is 0 Å². The van der Waals surface area contributed by atoms with Crippen molar-refractivity contribution >= 4 is 5.91 Å². The van der Waals surface area contributed by atoms with Crippen molar-refractivity contribution in [2.75, 3.05) is 13.1 Å². The van der Waals surface area contributed by atoms with Crippen LogP contribution in [0.2, 0.25) is 0 Å². The molecule has 1 aromatic heterocycles. The Hall–Kier alpha value is -2.24. The minimum atomic E-state index is -2.65. The molecule has 4 rings (SSSR count). The van der Waals surface area contributed by atoms with Gasteiger partial charge in [0.1, 0.15) is 0 Å². The van der Waals surface area contributed by atoms with Gasteiger partial charge in [0.15, 0.2) is 0 Å². The normalized spacial score (nSPS) is 19.9. The van der Waals surface area contributed by atoms with Gasteiger partial charge in [-0.15, -0.1) is 0 Å². The fraction of sp³-hybridized carbons (Fsp3) is 0.474. The van der Waals surface area contributed by atoms with Crippen molar-refractivity contribution in [2.45, 2.75) is 38.5 Å². The number of fused-ring (bicyclic) bond motifs is 1. The molecule has 0 spiro atoms. The number of halogens is 2. The number of aromatic amines is 1. The Morgan fingerprint density at radius 3 is 2.68 bits per heavy atom. The summed E-state index contributed by atoms with van der Waals surface area (Å²) in [4.78, 5) is 14.2. The number of nitrogens with zero attached hydrogens (tertiary/aromatic N) is 2. The monoisotopic (exact) mass is 345 g/mol. The standard InChI is InChI=1S/C19H21F2N3O/c1-12-4-2-3-5-14(12)17-15-6-8-24(9-7-16(15)22-23-17)18(25)13-10-19(20,21)11-13/h2-5,13H,6-11H2,1H3,(H,22,23). The number of aromatic nitrogens is 2. The molecular formula is C19H21F2N3O. The van der Waals surface area contributed by atoms with Crippen LogP contribution < -0.4 is 0 Å². The van der Waals surface area contributed by atoms with Crippen molar-refractivity contribution in [1.29, 1.82) is 0 Å². The fourth-order valence-electron chi connectivity index (χ4n) is 3.86. The summed E-state index contributed by atoms with van der Waals surface area (Å²) in [7, 11) is 0. The highest BCUT2D eigenvalue weighted by Gasteiger charge is 2.49. The van der Waals surface area contributed by atoms with Crippen LogP contribution in [0.3, 0.4) is 0 Å². The second-order valence-corrected chi connectivity index (χ2v) is 7.13. The van der Waals surface area contributed by atoms with Gasteiger partial charge in [0, 0.05) is 55.1 Å². The summed E-state index contributed by atoms with van der Waals surface area (Å²) in [5.74, 6) is -3.29. The number of alkyl halides is 2. The molecule has 0 saturated heterocycles. The molecule has 0 radical (unpaired) electrons. The Bertz CT molecular complexity index is 807. The van der Waals surface area contributed by atoms with E-state index in [4.69, 9.17) is 0 Å². The van der Waals surface area contributed by atoms with E-state index in [2.05, 4.69) is 29.3 Å². The van der Waals surface area contributed by atoms with Gasteiger partial charge in [0.25, 0.3) is 0 Å². The first-order valence-electron chi connectivity index (χ1n) is 8.73. The lowest BCUT2D eigenvalue weighted by Gasteiger charge is -2.37. The Balaban J connectivity index is 1.52. The summed E-state index contributed by atoms with van der Waals surface area (Å²) in [6.45, 7) is 3.18. The predicted molar refractivity (Wildman–Crippen MR) is 90.4 cm³/mol. The van der Waals surface area contributed by atoms with Crippen LogP contribution in [0.1, 0.15) is 29.7 Å². The molecule has 1 N–H and O–H groups in total. The highest BCUT2D eigenvalue weighted by molar-refractivity contribution is 5.80. The van der Waals surface area contributed by atoms with Gasteiger partial charge in [0.05, 0.1) is 5.69 Å². The summed E-state index contributed by atoms with van der Waals surface area (Å²) in [6.07, 6.45) is 0.778. The van der Waals surface area contributed by atoms with Gasteiger partial charge >= 0.3 is 0 Å². The van der Waals surface area contributed by atoms with E-state index < -0.39 is 11.8 Å². The zero-order chi connectivity index (χ0) is 17.6. The molecule has 1 amide bonds. The van der Waals surface area contributed by atoms with Crippen LogP contribution in [0.5, 0.6) is 0 Å². The van der Waals surface area contributed by atoms with Gasteiger partial charge in [-0.2, -0.15) is 5.10 Å². The number of nitrogens with one attached hydrogen (secondary N) is 1. The quantitative estimate of drug-likeness (QED) is 0.907. The van der Waals surface area contributed by atoms with E-state index in [1.165, 1.54) is 0 Å². The SMILES string of the molecule is Cc1ccccc1-c1n[nH]c2c1CCN(C(=O)C1CC(F)(F)C1)CC2. The van der Waals surface area contributed by atoms with Gasteiger partial charge < -0.3 is 4.90 Å². The maximum absolute atomic E-state index is 13.1. The summed E-state index contributed by atoms with van der Waals surface area (Å²) in [5, 5.41) is 7.61. The van der Waals surface area contributed by atoms with Crippen molar-refractivity contribution < 1.29 is 13.6 Å². The molecule has 25 heavy (non-hydrogen) atoms. The Morgan fingerprint density at radius 1 is 1.24 bits per heavy atom. The third-order valence-electron chi connectivity index (χ3n) is 5.37. The number of hydrogen-bond acceptors (Lipinski definition) is 2. The van der Waals surface area contributed by atoms with Crippen LogP contribution in [-0.4, -0.2) is 40.0 Å². The molecule has 1 saturated carbocycles. The first-order valence-corrected chi connectivity index (χ1v) is 8.73. The van der Waals surface area contributed by atoms with E-state index in [0.29, 0.717) is 25.9 Å². The molecule has 1 aliphatic heterocycles. The molecule has 0 atom stereocenters. The van der Waals surface area contributed by atoms with Crippen LogP contribution in [0.25, 0.3) is 11.3 Å². The maximum Gasteiger partial charge on any atom is 0.249 e. The first-order chi connectivity index (χ1) is 11.9. The van der Waals surface area contributed by atoms with Crippen molar-refractivity contribution in [1.82, 2.24) is 15.1 Å². The minimum absolute atomic E-state index is 0.124. The van der Waals surface area contributed by atoms with E-state index in [0.717, 1.165) is 28.1 Å². The van der Waals surface area contributed by atoms with Crippen molar-refractivity contribution in [3.05, 3.63) is 41.1 Å². The van der Waals surface area contributed by atoms with E-state index in [9.17, 15) is 13.6 Å². The second-order valence-electron chi connectivity index (χ2n) is 7.13. The molecule has 2 heterocycles. The average molecular weight is 345 g/mol. The van der Waals surface area contributed by atoms with Gasteiger partial charge in [-0.05, 0) is 18.9 Å². The van der Waals surface area contributed by atoms with Crippen LogP contribution in [0.4, 0.5) is 8.78 Å². The third kappa shape index (κ3) is 2.94. The molecule has 1 aliphatic carbocycles. The second kappa shape index (κ2) is 5.93. The zero-order valence-electron chi connectivity index (χ0n) is 14.2. The zero-order valence-corrected chi connectivity index (χ0v) is 14.2. The molecule has 132 valence electrons. The Kier molecular flexibility index (Phi) is 3.85. The molecule has 4 nitrogen and oxygen atoms in total. The molecule has 2 aromatic rings. The van der Waals surface area contributed by atoms with Crippen LogP contribution in [0.15, 0.2) is 24.3 Å². The molecular weight excluding hydrogens is 324 g/mol. The smallest absolute Gasteiger partial charge is 0.249 e. The number of rotatable bonds is 2. The summed E-state index contributed by atoms with van der Waals surface area (Å²) >= 11 is 0. The number of amides is 1. The van der Waals surface area contributed by atoms with E-state index in [1.807, 2.05) is 12.1 Å². The van der Waals surface area contributed by atoms with Gasteiger partial charge in [-0.1, -0.05) is 24.3 Å². The van der Waals surface area contributed by atoms with E-state index in [-0.39, 0.29) is 18.7 Å². The Labute approximate surface area is 145 Å². The van der Waals surface area contributed by atoms with E-state index in [1.54, 1.807) is 4.90 Å². The first kappa shape index (κ1) is 16.2. The number of carbonyl (C=O) groups is 1. The third-order valence-corrected chi connectivity index (χ3v) is 5.37. The molecule has 6 heteroatoms. The molecule has 0 bridgehead atoms. The Morgan fingerprint density at radius 2 is 1.96 bits per heavy atom. The predicted octanol–water partition coefficient (Wildman–Crippen LogP) is 3.36. The number of H-pyrrole nitrogens is 1. The van der Waals surface area contributed by atoms with Crippen LogP contribution in [-0.2, 0) is 17.6 Å². The van der Waals surface area contributed by atoms with Gasteiger partial charge in [-0.25, -0.2) is 8.78 Å². The fourth-order valence-corrected chi connectivity index (χ4v) is 3.86. The molecule has 1 fully saturated rings. The number of hydrogen-bond donors (Lipinski definition) is 1. The number of benzene rings is 1. The average Bonchev–Trinajstić information content (AvgIpc) is 2.83. The van der Waals surface area contributed by atoms with Crippen LogP contribution >= 0.6 is 0 Å². The number of carbonyl (C=O) groups excluding carboxylic acids is 1. The molecule has 0 unspecified atom stereocenters.